The van der Waals surface area contributed by atoms with Gasteiger partial charge in [-0.1, -0.05) is 13.8 Å². The minimum atomic E-state index is 0.683. The largest absolute Gasteiger partial charge is 0.380 e. The van der Waals surface area contributed by atoms with Crippen LogP contribution in [0.15, 0.2) is 0 Å². The lowest BCUT2D eigenvalue weighted by molar-refractivity contribution is 0.136. The second-order valence-corrected chi connectivity index (χ2v) is 4.31. The van der Waals surface area contributed by atoms with Crippen LogP contribution in [0, 0.1) is 0 Å². The van der Waals surface area contributed by atoms with Gasteiger partial charge in [0.1, 0.15) is 0 Å². The smallest absolute Gasteiger partial charge is 0.0593 e. The third-order valence-corrected chi connectivity index (χ3v) is 3.42. The molecule has 0 spiro atoms. The predicted octanol–water partition coefficient (Wildman–Crippen LogP) is 1.44. The van der Waals surface area contributed by atoms with Gasteiger partial charge in [0.05, 0.1) is 6.61 Å². The van der Waals surface area contributed by atoms with Crippen molar-refractivity contribution < 1.29 is 4.74 Å². The molecule has 0 aromatic heterocycles. The molecule has 1 aliphatic heterocycles. The zero-order valence-electron chi connectivity index (χ0n) is 10.5. The molecule has 0 saturated carbocycles. The van der Waals surface area contributed by atoms with Crippen molar-refractivity contribution in [1.29, 1.82) is 0 Å². The Morgan fingerprint density at radius 3 is 2.67 bits per heavy atom. The second kappa shape index (κ2) is 7.20. The SMILES string of the molecule is CCN(CC)CCN1CCOCC[C@@H]1C. The summed E-state index contributed by atoms with van der Waals surface area (Å²) in [6, 6.07) is 0.683. The number of ether oxygens (including phenoxy) is 1. The van der Waals surface area contributed by atoms with Crippen molar-refractivity contribution in [3.8, 4) is 0 Å². The van der Waals surface area contributed by atoms with Crippen LogP contribution in [0.5, 0.6) is 0 Å². The van der Waals surface area contributed by atoms with Gasteiger partial charge in [-0.15, -0.1) is 0 Å². The van der Waals surface area contributed by atoms with Gasteiger partial charge >= 0.3 is 0 Å². The summed E-state index contributed by atoms with van der Waals surface area (Å²) in [5.41, 5.74) is 0. The van der Waals surface area contributed by atoms with Crippen LogP contribution in [0.25, 0.3) is 0 Å². The Kier molecular flexibility index (Phi) is 6.22. The van der Waals surface area contributed by atoms with Crippen molar-refractivity contribution in [2.75, 3.05) is 45.9 Å². The Morgan fingerprint density at radius 2 is 2.00 bits per heavy atom. The molecule has 0 N–H and O–H groups in total. The number of likely N-dealkylation sites (N-methyl/N-ethyl adjacent to an activating group) is 1. The van der Waals surface area contributed by atoms with Gasteiger partial charge in [0, 0.05) is 32.3 Å². The molecule has 3 heteroatoms. The van der Waals surface area contributed by atoms with E-state index in [4.69, 9.17) is 4.74 Å². The minimum absolute atomic E-state index is 0.683. The molecule has 1 rings (SSSR count). The number of rotatable bonds is 5. The molecule has 0 radical (unpaired) electrons. The quantitative estimate of drug-likeness (QED) is 0.689. The lowest BCUT2D eigenvalue weighted by atomic mass is 10.2. The van der Waals surface area contributed by atoms with Crippen molar-refractivity contribution in [3.05, 3.63) is 0 Å². The van der Waals surface area contributed by atoms with Gasteiger partial charge < -0.3 is 9.64 Å². The normalized spacial score (nSPS) is 24.4. The van der Waals surface area contributed by atoms with Gasteiger partial charge in [0.2, 0.25) is 0 Å². The molecule has 1 saturated heterocycles. The van der Waals surface area contributed by atoms with Crippen LogP contribution >= 0.6 is 0 Å². The molecule has 1 heterocycles. The average Bonchev–Trinajstić information content (AvgIpc) is 2.45. The lowest BCUT2D eigenvalue weighted by Gasteiger charge is -2.29. The third-order valence-electron chi connectivity index (χ3n) is 3.42. The maximum absolute atomic E-state index is 5.50. The van der Waals surface area contributed by atoms with E-state index >= 15 is 0 Å². The highest BCUT2D eigenvalue weighted by molar-refractivity contribution is 4.71. The van der Waals surface area contributed by atoms with Gasteiger partial charge in [0.25, 0.3) is 0 Å². The Hall–Kier alpha value is -0.120. The monoisotopic (exact) mass is 214 g/mol. The van der Waals surface area contributed by atoms with Gasteiger partial charge in [-0.2, -0.15) is 0 Å². The summed E-state index contributed by atoms with van der Waals surface area (Å²) in [7, 11) is 0. The summed E-state index contributed by atoms with van der Waals surface area (Å²) in [4.78, 5) is 5.05. The topological polar surface area (TPSA) is 15.7 Å². The molecule has 0 bridgehead atoms. The zero-order chi connectivity index (χ0) is 11.1. The fraction of sp³-hybridized carbons (Fsp3) is 1.00. The van der Waals surface area contributed by atoms with E-state index in [9.17, 15) is 0 Å². The Labute approximate surface area is 94.4 Å². The molecule has 0 unspecified atom stereocenters. The summed E-state index contributed by atoms with van der Waals surface area (Å²) >= 11 is 0. The molecule has 1 fully saturated rings. The Bertz CT molecular complexity index is 160. The van der Waals surface area contributed by atoms with Crippen LogP contribution in [0.1, 0.15) is 27.2 Å². The van der Waals surface area contributed by atoms with E-state index < -0.39 is 0 Å². The van der Waals surface area contributed by atoms with E-state index in [1.54, 1.807) is 0 Å². The minimum Gasteiger partial charge on any atom is -0.380 e. The van der Waals surface area contributed by atoms with Crippen LogP contribution in [-0.2, 0) is 4.74 Å². The molecular weight excluding hydrogens is 188 g/mol. The third kappa shape index (κ3) is 4.49. The van der Waals surface area contributed by atoms with Crippen molar-refractivity contribution in [1.82, 2.24) is 9.80 Å². The molecule has 1 aliphatic rings. The Balaban J connectivity index is 2.28. The number of nitrogens with zero attached hydrogens (tertiary/aromatic N) is 2. The number of hydrogen-bond acceptors (Lipinski definition) is 3. The highest BCUT2D eigenvalue weighted by atomic mass is 16.5. The highest BCUT2D eigenvalue weighted by Gasteiger charge is 2.16. The first-order valence-corrected chi connectivity index (χ1v) is 6.32. The first kappa shape index (κ1) is 12.9. The molecule has 3 nitrogen and oxygen atoms in total. The van der Waals surface area contributed by atoms with Crippen LogP contribution in [0.2, 0.25) is 0 Å². The van der Waals surface area contributed by atoms with E-state index in [1.807, 2.05) is 0 Å². The molecule has 0 aliphatic carbocycles. The van der Waals surface area contributed by atoms with Crippen molar-refractivity contribution >= 4 is 0 Å². The molecule has 0 aromatic rings. The maximum atomic E-state index is 5.50. The van der Waals surface area contributed by atoms with Crippen LogP contribution < -0.4 is 0 Å². The summed E-state index contributed by atoms with van der Waals surface area (Å²) in [6.45, 7) is 14.4. The van der Waals surface area contributed by atoms with E-state index in [1.165, 1.54) is 19.5 Å². The van der Waals surface area contributed by atoms with Gasteiger partial charge in [-0.25, -0.2) is 0 Å². The van der Waals surface area contributed by atoms with E-state index in [2.05, 4.69) is 30.6 Å². The summed E-state index contributed by atoms with van der Waals surface area (Å²) in [5.74, 6) is 0. The Morgan fingerprint density at radius 1 is 1.27 bits per heavy atom. The summed E-state index contributed by atoms with van der Waals surface area (Å²) in [5, 5.41) is 0. The molecule has 1 atom stereocenters. The van der Waals surface area contributed by atoms with Crippen LogP contribution in [0.3, 0.4) is 0 Å². The van der Waals surface area contributed by atoms with Crippen molar-refractivity contribution in [2.45, 2.75) is 33.2 Å². The molecule has 0 aromatic carbocycles. The lowest BCUT2D eigenvalue weighted by Crippen LogP contribution is -2.40. The van der Waals surface area contributed by atoms with Gasteiger partial charge in [-0.3, -0.25) is 4.90 Å². The fourth-order valence-electron chi connectivity index (χ4n) is 2.08. The molecule has 15 heavy (non-hydrogen) atoms. The van der Waals surface area contributed by atoms with Gasteiger partial charge in [0.15, 0.2) is 0 Å². The molecule has 0 amide bonds. The first-order valence-electron chi connectivity index (χ1n) is 6.32. The highest BCUT2D eigenvalue weighted by Crippen LogP contribution is 2.08. The van der Waals surface area contributed by atoms with Crippen molar-refractivity contribution in [3.63, 3.8) is 0 Å². The summed E-state index contributed by atoms with van der Waals surface area (Å²) in [6.07, 6.45) is 1.18. The van der Waals surface area contributed by atoms with Gasteiger partial charge in [-0.05, 0) is 26.4 Å². The summed E-state index contributed by atoms with van der Waals surface area (Å²) < 4.78 is 5.50. The van der Waals surface area contributed by atoms with E-state index in [0.29, 0.717) is 6.04 Å². The van der Waals surface area contributed by atoms with E-state index in [0.717, 1.165) is 32.8 Å². The molecule has 90 valence electrons. The van der Waals surface area contributed by atoms with Crippen LogP contribution in [-0.4, -0.2) is 61.8 Å². The fourth-order valence-corrected chi connectivity index (χ4v) is 2.08. The maximum Gasteiger partial charge on any atom is 0.0593 e. The zero-order valence-corrected chi connectivity index (χ0v) is 10.5. The average molecular weight is 214 g/mol. The van der Waals surface area contributed by atoms with Crippen molar-refractivity contribution in [2.24, 2.45) is 0 Å². The standard InChI is InChI=1S/C12H26N2O/c1-4-13(5-2)7-8-14-9-11-15-10-6-12(14)3/h12H,4-11H2,1-3H3/t12-/m0/s1. The van der Waals surface area contributed by atoms with Crippen LogP contribution in [0.4, 0.5) is 0 Å². The second-order valence-electron chi connectivity index (χ2n) is 4.31. The first-order chi connectivity index (χ1) is 7.27. The number of hydrogen-bond donors (Lipinski definition) is 0. The predicted molar refractivity (Wildman–Crippen MR) is 64.3 cm³/mol. The van der Waals surface area contributed by atoms with E-state index in [-0.39, 0.29) is 0 Å². The molecular formula is C12H26N2O.